The number of oxazole rings is 1. The molecule has 3 aromatic rings. The Labute approximate surface area is 192 Å². The van der Waals surface area contributed by atoms with Crippen molar-refractivity contribution in [3.05, 3.63) is 77.9 Å². The quantitative estimate of drug-likeness (QED) is 0.617. The van der Waals surface area contributed by atoms with Crippen LogP contribution in [-0.2, 0) is 11.3 Å². The molecule has 0 radical (unpaired) electrons. The van der Waals surface area contributed by atoms with Gasteiger partial charge in [0.2, 0.25) is 5.89 Å². The van der Waals surface area contributed by atoms with Crippen LogP contribution < -0.4 is 14.9 Å². The summed E-state index contributed by atoms with van der Waals surface area (Å²) in [5, 5.41) is 1.90. The first kappa shape index (κ1) is 21.1. The number of carbonyl (C=O) groups is 1. The molecule has 0 spiro atoms. The third-order valence-electron chi connectivity index (χ3n) is 6.14. The predicted molar refractivity (Wildman–Crippen MR) is 122 cm³/mol. The molecule has 2 unspecified atom stereocenters. The van der Waals surface area contributed by atoms with Gasteiger partial charge in [-0.2, -0.15) is 0 Å². The number of hydrogen-bond acceptors (Lipinski definition) is 7. The maximum Gasteiger partial charge on any atom is 0.251 e. The maximum absolute atomic E-state index is 13.2. The summed E-state index contributed by atoms with van der Waals surface area (Å²) in [4.78, 5) is 19.6. The minimum atomic E-state index is -0.268. The lowest BCUT2D eigenvalue weighted by Gasteiger charge is -2.31. The highest BCUT2D eigenvalue weighted by Crippen LogP contribution is 2.32. The van der Waals surface area contributed by atoms with Gasteiger partial charge in [0.25, 0.3) is 5.91 Å². The van der Waals surface area contributed by atoms with Crippen LogP contribution >= 0.6 is 0 Å². The second kappa shape index (κ2) is 8.63. The van der Waals surface area contributed by atoms with Gasteiger partial charge in [-0.1, -0.05) is 12.1 Å². The molecule has 0 bridgehead atoms. The number of aryl methyl sites for hydroxylation is 1. The van der Waals surface area contributed by atoms with Crippen LogP contribution in [0.4, 0.5) is 0 Å². The van der Waals surface area contributed by atoms with Gasteiger partial charge in [-0.05, 0) is 55.3 Å². The average molecular weight is 447 g/mol. The number of methoxy groups -OCH3 is 2. The van der Waals surface area contributed by atoms with Crippen molar-refractivity contribution in [1.29, 1.82) is 0 Å². The molecular formula is C25H26N4O4. The van der Waals surface area contributed by atoms with E-state index in [9.17, 15) is 4.79 Å². The molecule has 2 aliphatic heterocycles. The molecule has 2 atom stereocenters. The zero-order valence-electron chi connectivity index (χ0n) is 18.8. The van der Waals surface area contributed by atoms with E-state index in [1.807, 2.05) is 66.7 Å². The van der Waals surface area contributed by atoms with Gasteiger partial charge < -0.3 is 23.8 Å². The van der Waals surface area contributed by atoms with Crippen molar-refractivity contribution in [1.82, 2.24) is 20.3 Å². The lowest BCUT2D eigenvalue weighted by Crippen LogP contribution is -2.47. The summed E-state index contributed by atoms with van der Waals surface area (Å²) in [7, 11) is 3.28. The van der Waals surface area contributed by atoms with Crippen molar-refractivity contribution < 1.29 is 18.7 Å². The molecule has 170 valence electrons. The normalized spacial score (nSPS) is 19.7. The fourth-order valence-electron chi connectivity index (χ4n) is 4.21. The Hall–Kier alpha value is -3.78. The third-order valence-corrected chi connectivity index (χ3v) is 6.14. The average Bonchev–Trinajstić information content (AvgIpc) is 3.45. The van der Waals surface area contributed by atoms with Crippen molar-refractivity contribution in [3.8, 4) is 23.0 Å². The van der Waals surface area contributed by atoms with Crippen molar-refractivity contribution in [2.75, 3.05) is 14.2 Å². The van der Waals surface area contributed by atoms with Crippen molar-refractivity contribution in [2.24, 2.45) is 0 Å². The van der Waals surface area contributed by atoms with Crippen LogP contribution in [0.15, 0.2) is 65.3 Å². The minimum Gasteiger partial charge on any atom is -0.497 e. The number of benzene rings is 2. The Balaban J connectivity index is 1.29. The second-order valence-corrected chi connectivity index (χ2v) is 8.13. The second-order valence-electron chi connectivity index (χ2n) is 8.13. The lowest BCUT2D eigenvalue weighted by atomic mass is 10.0. The number of rotatable bonds is 6. The summed E-state index contributed by atoms with van der Waals surface area (Å²) in [5.41, 5.74) is 6.14. The predicted octanol–water partition coefficient (Wildman–Crippen LogP) is 3.80. The van der Waals surface area contributed by atoms with E-state index in [2.05, 4.69) is 10.4 Å². The number of hydrogen-bond donors (Lipinski definition) is 1. The SMILES string of the molecule is COc1ccc(-c2nc(CN3C=CN4NC(c5ccc(OC)cc5)CC4C3=O)c(C)o2)cc1. The molecule has 1 fully saturated rings. The Morgan fingerprint density at radius 2 is 1.70 bits per heavy atom. The summed E-state index contributed by atoms with van der Waals surface area (Å²) in [5.74, 6) is 2.85. The maximum atomic E-state index is 13.2. The van der Waals surface area contributed by atoms with E-state index in [1.54, 1.807) is 25.3 Å². The molecule has 33 heavy (non-hydrogen) atoms. The van der Waals surface area contributed by atoms with E-state index in [4.69, 9.17) is 13.9 Å². The number of amides is 1. The first-order valence-electron chi connectivity index (χ1n) is 10.8. The summed E-state index contributed by atoms with van der Waals surface area (Å²) in [6, 6.07) is 15.3. The summed E-state index contributed by atoms with van der Waals surface area (Å²) in [6.45, 7) is 2.23. The summed E-state index contributed by atoms with van der Waals surface area (Å²) >= 11 is 0. The van der Waals surface area contributed by atoms with Crippen LogP contribution in [0.25, 0.3) is 11.5 Å². The number of aromatic nitrogens is 1. The number of hydrazine groups is 1. The summed E-state index contributed by atoms with van der Waals surface area (Å²) in [6.07, 6.45) is 4.39. The number of nitrogens with zero attached hydrogens (tertiary/aromatic N) is 3. The lowest BCUT2D eigenvalue weighted by molar-refractivity contribution is -0.135. The molecule has 1 N–H and O–H groups in total. The highest BCUT2D eigenvalue weighted by Gasteiger charge is 2.40. The zero-order chi connectivity index (χ0) is 22.9. The number of ether oxygens (including phenoxy) is 2. The van der Waals surface area contributed by atoms with E-state index < -0.39 is 0 Å². The molecule has 0 saturated carbocycles. The van der Waals surface area contributed by atoms with E-state index >= 15 is 0 Å². The summed E-state index contributed by atoms with van der Waals surface area (Å²) < 4.78 is 16.3. The van der Waals surface area contributed by atoms with Gasteiger partial charge in [0.05, 0.1) is 26.8 Å². The molecule has 2 aliphatic rings. The number of carbonyl (C=O) groups excluding carboxylic acids is 1. The molecule has 8 nitrogen and oxygen atoms in total. The Morgan fingerprint density at radius 1 is 1.03 bits per heavy atom. The van der Waals surface area contributed by atoms with Gasteiger partial charge in [-0.3, -0.25) is 4.79 Å². The number of nitrogens with one attached hydrogen (secondary N) is 1. The molecule has 5 rings (SSSR count). The van der Waals surface area contributed by atoms with Gasteiger partial charge in [0.15, 0.2) is 0 Å². The molecular weight excluding hydrogens is 420 g/mol. The van der Waals surface area contributed by atoms with Crippen LogP contribution in [0.2, 0.25) is 0 Å². The minimum absolute atomic E-state index is 0.0365. The van der Waals surface area contributed by atoms with E-state index in [-0.39, 0.29) is 18.0 Å². The van der Waals surface area contributed by atoms with Gasteiger partial charge in [-0.25, -0.2) is 10.4 Å². The zero-order valence-corrected chi connectivity index (χ0v) is 18.8. The molecule has 1 aromatic heterocycles. The third kappa shape index (κ3) is 4.05. The van der Waals surface area contributed by atoms with E-state index in [0.29, 0.717) is 24.6 Å². The topological polar surface area (TPSA) is 80.1 Å². The fourth-order valence-corrected chi connectivity index (χ4v) is 4.21. The Kier molecular flexibility index (Phi) is 5.51. The van der Waals surface area contributed by atoms with Crippen LogP contribution in [0.5, 0.6) is 11.5 Å². The molecule has 1 amide bonds. The number of fused-ring (bicyclic) bond motifs is 1. The molecule has 0 aliphatic carbocycles. The highest BCUT2D eigenvalue weighted by atomic mass is 16.5. The van der Waals surface area contributed by atoms with Crippen molar-refractivity contribution in [2.45, 2.75) is 32.0 Å². The molecule has 8 heteroatoms. The standard InChI is InChI=1S/C25H26N4O4/c1-16-22(26-24(33-16)18-6-10-20(32-3)11-7-18)15-28-12-13-29-23(25(28)30)14-21(27-29)17-4-8-19(31-2)9-5-17/h4-13,21,23,27H,14-15H2,1-3H3. The van der Waals surface area contributed by atoms with Crippen molar-refractivity contribution >= 4 is 5.91 Å². The first-order valence-corrected chi connectivity index (χ1v) is 10.8. The van der Waals surface area contributed by atoms with Crippen LogP contribution in [0, 0.1) is 6.92 Å². The molecule has 1 saturated heterocycles. The smallest absolute Gasteiger partial charge is 0.251 e. The first-order chi connectivity index (χ1) is 16.1. The van der Waals surface area contributed by atoms with Crippen LogP contribution in [0.3, 0.4) is 0 Å². The van der Waals surface area contributed by atoms with Crippen LogP contribution in [-0.4, -0.2) is 41.1 Å². The van der Waals surface area contributed by atoms with Crippen molar-refractivity contribution in [3.63, 3.8) is 0 Å². The molecule has 3 heterocycles. The van der Waals surface area contributed by atoms with E-state index in [0.717, 1.165) is 28.3 Å². The van der Waals surface area contributed by atoms with Gasteiger partial charge >= 0.3 is 0 Å². The van der Waals surface area contributed by atoms with Gasteiger partial charge in [-0.15, -0.1) is 0 Å². The van der Waals surface area contributed by atoms with Gasteiger partial charge in [0, 0.05) is 18.0 Å². The Bertz CT molecular complexity index is 1170. The fraction of sp³-hybridized carbons (Fsp3) is 0.280. The molecule has 2 aromatic carbocycles. The van der Waals surface area contributed by atoms with E-state index in [1.165, 1.54) is 0 Å². The Morgan fingerprint density at radius 3 is 2.36 bits per heavy atom. The highest BCUT2D eigenvalue weighted by molar-refractivity contribution is 5.84. The monoisotopic (exact) mass is 446 g/mol. The van der Waals surface area contributed by atoms with Gasteiger partial charge in [0.1, 0.15) is 29.0 Å². The largest absolute Gasteiger partial charge is 0.497 e. The van der Waals surface area contributed by atoms with Crippen LogP contribution in [0.1, 0.15) is 29.5 Å².